The fourth-order valence-corrected chi connectivity index (χ4v) is 6.57. The Balaban J connectivity index is 1.66. The molecule has 3 atom stereocenters. The molecule has 1 aliphatic heterocycles. The van der Waals surface area contributed by atoms with Gasteiger partial charge in [0.1, 0.15) is 0 Å². The molecule has 2 aliphatic rings. The number of carbonyl (C=O) groups is 2. The van der Waals surface area contributed by atoms with Crippen LogP contribution in [0.5, 0.6) is 0 Å². The third-order valence-electron chi connectivity index (χ3n) is 8.20. The zero-order chi connectivity index (χ0) is 26.0. The van der Waals surface area contributed by atoms with Crippen LogP contribution in [0.15, 0.2) is 84.9 Å². The van der Waals surface area contributed by atoms with Crippen molar-refractivity contribution >= 4 is 17.6 Å². The Hall–Kier alpha value is -3.64. The number of esters is 2. The Morgan fingerprint density at radius 1 is 0.838 bits per heavy atom. The minimum atomic E-state index is -1.50. The second-order valence-corrected chi connectivity index (χ2v) is 10.1. The van der Waals surface area contributed by atoms with Crippen LogP contribution in [0.4, 0.5) is 5.69 Å². The topological polar surface area (TPSA) is 65.1 Å². The predicted molar refractivity (Wildman–Crippen MR) is 141 cm³/mol. The fraction of sp³-hybridized carbons (Fsp3) is 0.355. The lowest BCUT2D eigenvalue weighted by Gasteiger charge is -2.53. The van der Waals surface area contributed by atoms with E-state index in [1.54, 1.807) is 0 Å². The van der Waals surface area contributed by atoms with Gasteiger partial charge in [0.05, 0.1) is 33.0 Å². The van der Waals surface area contributed by atoms with Gasteiger partial charge in [0, 0.05) is 17.6 Å². The predicted octanol–water partition coefficient (Wildman–Crippen LogP) is 5.04. The third kappa shape index (κ3) is 4.00. The minimum absolute atomic E-state index is 0.234. The maximum atomic E-state index is 13.6. The van der Waals surface area contributed by atoms with Gasteiger partial charge in [0.15, 0.2) is 5.41 Å². The molecule has 0 N–H and O–H groups in total. The van der Waals surface area contributed by atoms with E-state index in [1.807, 2.05) is 60.7 Å². The molecule has 1 fully saturated rings. The largest absolute Gasteiger partial charge is 0.468 e. The first kappa shape index (κ1) is 25.0. The van der Waals surface area contributed by atoms with Crippen LogP contribution in [-0.4, -0.2) is 38.3 Å². The first-order chi connectivity index (χ1) is 18.0. The summed E-state index contributed by atoms with van der Waals surface area (Å²) in [5.74, 6) is -1.13. The number of hydrogen-bond acceptors (Lipinski definition) is 6. The van der Waals surface area contributed by atoms with E-state index in [4.69, 9.17) is 14.2 Å². The quantitative estimate of drug-likeness (QED) is 0.335. The number of benzene rings is 3. The molecule has 37 heavy (non-hydrogen) atoms. The highest BCUT2D eigenvalue weighted by Crippen LogP contribution is 2.60. The molecule has 0 spiro atoms. The van der Waals surface area contributed by atoms with Gasteiger partial charge in [-0.3, -0.25) is 9.59 Å². The highest BCUT2D eigenvalue weighted by Gasteiger charge is 2.70. The Kier molecular flexibility index (Phi) is 6.78. The Morgan fingerprint density at radius 3 is 2.03 bits per heavy atom. The lowest BCUT2D eigenvalue weighted by Crippen LogP contribution is -2.68. The third-order valence-corrected chi connectivity index (χ3v) is 8.20. The van der Waals surface area contributed by atoms with Gasteiger partial charge in [-0.25, -0.2) is 0 Å². The van der Waals surface area contributed by atoms with E-state index < -0.39 is 28.8 Å². The number of rotatable bonds is 7. The van der Waals surface area contributed by atoms with Crippen molar-refractivity contribution in [2.45, 2.75) is 50.5 Å². The number of ether oxygens (including phenoxy) is 3. The van der Waals surface area contributed by atoms with Crippen molar-refractivity contribution in [2.75, 3.05) is 19.1 Å². The Morgan fingerprint density at radius 2 is 1.41 bits per heavy atom. The number of hydrogen-bond donors (Lipinski definition) is 0. The Labute approximate surface area is 218 Å². The van der Waals surface area contributed by atoms with Gasteiger partial charge in [-0.2, -0.15) is 0 Å². The van der Waals surface area contributed by atoms with E-state index in [9.17, 15) is 9.59 Å². The normalized spacial score (nSPS) is 23.6. The summed E-state index contributed by atoms with van der Waals surface area (Å²) in [7, 11) is 2.68. The molecule has 5 rings (SSSR count). The molecule has 0 bridgehead atoms. The standard InChI is InChI=1S/C31H33NO5/c1-30-24-16-10-11-17-25(24)32(20-22-12-6-4-7-13-22)27(30)31(28(33)35-2,29(34)36-3)19-18-26(30)37-21-23-14-8-5-9-15-23/h4-17,26-27H,18-21H2,1-3H3/t26-,27-,30-/m1/s1. The van der Waals surface area contributed by atoms with Crippen LogP contribution in [0.25, 0.3) is 0 Å². The molecule has 6 nitrogen and oxygen atoms in total. The summed E-state index contributed by atoms with van der Waals surface area (Å²) in [5, 5.41) is 0. The van der Waals surface area contributed by atoms with Gasteiger partial charge in [0.2, 0.25) is 0 Å². The molecule has 0 saturated heterocycles. The van der Waals surface area contributed by atoms with Gasteiger partial charge in [-0.15, -0.1) is 0 Å². The molecule has 192 valence electrons. The number of carbonyl (C=O) groups excluding carboxylic acids is 2. The molecular weight excluding hydrogens is 466 g/mol. The van der Waals surface area contributed by atoms with Crippen molar-refractivity contribution in [3.05, 3.63) is 102 Å². The fourth-order valence-electron chi connectivity index (χ4n) is 6.57. The number of fused-ring (bicyclic) bond motifs is 3. The molecule has 6 heteroatoms. The van der Waals surface area contributed by atoms with E-state index in [2.05, 4.69) is 36.1 Å². The maximum absolute atomic E-state index is 13.6. The van der Waals surface area contributed by atoms with Crippen molar-refractivity contribution in [3.8, 4) is 0 Å². The molecule has 0 radical (unpaired) electrons. The number of para-hydroxylation sites is 1. The zero-order valence-electron chi connectivity index (χ0n) is 21.6. The molecule has 1 saturated carbocycles. The molecule has 1 heterocycles. The van der Waals surface area contributed by atoms with E-state index in [1.165, 1.54) is 14.2 Å². The summed E-state index contributed by atoms with van der Waals surface area (Å²) in [4.78, 5) is 29.4. The average molecular weight is 500 g/mol. The monoisotopic (exact) mass is 499 g/mol. The van der Waals surface area contributed by atoms with E-state index >= 15 is 0 Å². The number of nitrogens with zero attached hydrogens (tertiary/aromatic N) is 1. The Bertz CT molecular complexity index is 1240. The van der Waals surface area contributed by atoms with Crippen molar-refractivity contribution < 1.29 is 23.8 Å². The second kappa shape index (κ2) is 10.0. The van der Waals surface area contributed by atoms with Gasteiger partial charge in [-0.05, 0) is 35.6 Å². The average Bonchev–Trinajstić information content (AvgIpc) is 3.21. The van der Waals surface area contributed by atoms with Crippen LogP contribution in [0.1, 0.15) is 36.5 Å². The summed E-state index contributed by atoms with van der Waals surface area (Å²) >= 11 is 0. The van der Waals surface area contributed by atoms with Crippen LogP contribution >= 0.6 is 0 Å². The maximum Gasteiger partial charge on any atom is 0.325 e. The van der Waals surface area contributed by atoms with Crippen LogP contribution in [0.3, 0.4) is 0 Å². The lowest BCUT2D eigenvalue weighted by molar-refractivity contribution is -0.180. The van der Waals surface area contributed by atoms with E-state index in [0.717, 1.165) is 22.4 Å². The van der Waals surface area contributed by atoms with Crippen molar-refractivity contribution in [2.24, 2.45) is 5.41 Å². The first-order valence-electron chi connectivity index (χ1n) is 12.7. The van der Waals surface area contributed by atoms with E-state index in [0.29, 0.717) is 19.6 Å². The molecular formula is C31H33NO5. The van der Waals surface area contributed by atoms with Crippen molar-refractivity contribution in [1.82, 2.24) is 0 Å². The summed E-state index contributed by atoms with van der Waals surface area (Å²) in [6.45, 7) is 3.09. The number of methoxy groups -OCH3 is 2. The van der Waals surface area contributed by atoms with Gasteiger partial charge < -0.3 is 19.1 Å². The molecule has 0 unspecified atom stereocenters. The smallest absolute Gasteiger partial charge is 0.325 e. The molecule has 1 aliphatic carbocycles. The van der Waals surface area contributed by atoms with Gasteiger partial charge in [-0.1, -0.05) is 85.8 Å². The molecule has 0 aromatic heterocycles. The van der Waals surface area contributed by atoms with Gasteiger partial charge >= 0.3 is 11.9 Å². The molecule has 0 amide bonds. The van der Waals surface area contributed by atoms with Crippen molar-refractivity contribution in [1.29, 1.82) is 0 Å². The summed E-state index contributed by atoms with van der Waals surface area (Å²) in [5.41, 5.74) is 2.03. The molecule has 3 aromatic rings. The van der Waals surface area contributed by atoms with Crippen LogP contribution in [0.2, 0.25) is 0 Å². The zero-order valence-corrected chi connectivity index (χ0v) is 21.6. The summed E-state index contributed by atoms with van der Waals surface area (Å²) in [6.07, 6.45) is 0.546. The lowest BCUT2D eigenvalue weighted by atomic mass is 9.56. The summed E-state index contributed by atoms with van der Waals surface area (Å²) < 4.78 is 17.3. The highest BCUT2D eigenvalue weighted by atomic mass is 16.5. The van der Waals surface area contributed by atoms with Crippen molar-refractivity contribution in [3.63, 3.8) is 0 Å². The first-order valence-corrected chi connectivity index (χ1v) is 12.7. The highest BCUT2D eigenvalue weighted by molar-refractivity contribution is 6.02. The van der Waals surface area contributed by atoms with Crippen LogP contribution < -0.4 is 4.90 Å². The second-order valence-electron chi connectivity index (χ2n) is 10.1. The molecule has 3 aromatic carbocycles. The van der Waals surface area contributed by atoms with E-state index in [-0.39, 0.29) is 12.5 Å². The van der Waals surface area contributed by atoms with Gasteiger partial charge in [0.25, 0.3) is 0 Å². The SMILES string of the molecule is COC(=O)C1(C(=O)OC)CC[C@@H](OCc2ccccc2)[C@@]2(C)c3ccccc3N(Cc3ccccc3)[C@@H]12. The summed E-state index contributed by atoms with van der Waals surface area (Å²) in [6, 6.07) is 27.7. The number of anilines is 1. The van der Waals surface area contributed by atoms with Crippen LogP contribution in [-0.2, 0) is 42.4 Å². The van der Waals surface area contributed by atoms with Crippen LogP contribution in [0, 0.1) is 5.41 Å². The minimum Gasteiger partial charge on any atom is -0.468 e.